The molecule has 0 bridgehead atoms. The minimum Gasteiger partial charge on any atom is -0.365 e. The van der Waals surface area contributed by atoms with Gasteiger partial charge in [0.15, 0.2) is 0 Å². The molecule has 1 saturated heterocycles. The molecule has 1 fully saturated rings. The van der Waals surface area contributed by atoms with Crippen LogP contribution in [-0.4, -0.2) is 49.8 Å². The van der Waals surface area contributed by atoms with Crippen LogP contribution in [0.25, 0.3) is 0 Å². The number of benzene rings is 1. The van der Waals surface area contributed by atoms with Gasteiger partial charge in [0, 0.05) is 32.4 Å². The molecule has 8 heteroatoms. The highest BCUT2D eigenvalue weighted by atomic mass is 32.2. The molecule has 1 aliphatic heterocycles. The van der Waals surface area contributed by atoms with Gasteiger partial charge in [-0.2, -0.15) is 4.31 Å². The number of sulfonamides is 1. The zero-order valence-electron chi connectivity index (χ0n) is 14.8. The molecule has 0 spiro atoms. The number of primary amides is 1. The van der Waals surface area contributed by atoms with E-state index in [1.165, 1.54) is 4.31 Å². The highest BCUT2D eigenvalue weighted by molar-refractivity contribution is 7.89. The summed E-state index contributed by atoms with van der Waals surface area (Å²) in [5, 5.41) is 0. The number of rotatable bonds is 4. The van der Waals surface area contributed by atoms with Crippen molar-refractivity contribution in [1.29, 1.82) is 0 Å². The third-order valence-corrected chi connectivity index (χ3v) is 6.60. The van der Waals surface area contributed by atoms with Gasteiger partial charge in [0.2, 0.25) is 10.0 Å². The van der Waals surface area contributed by atoms with Crippen LogP contribution < -0.4 is 10.6 Å². The van der Waals surface area contributed by atoms with Gasteiger partial charge >= 0.3 is 0 Å². The number of hydrogen-bond acceptors (Lipinski definition) is 5. The summed E-state index contributed by atoms with van der Waals surface area (Å²) in [6, 6.07) is 8.63. The lowest BCUT2D eigenvalue weighted by Crippen LogP contribution is -2.49. The quantitative estimate of drug-likeness (QED) is 0.870. The third-order valence-electron chi connectivity index (χ3n) is 4.54. The van der Waals surface area contributed by atoms with Gasteiger partial charge < -0.3 is 10.6 Å². The molecular formula is C18H22N4O3S. The number of nitrogens with zero attached hydrogens (tertiary/aromatic N) is 3. The highest BCUT2D eigenvalue weighted by Gasteiger charge is 2.30. The highest BCUT2D eigenvalue weighted by Crippen LogP contribution is 2.24. The van der Waals surface area contributed by atoms with Crippen LogP contribution in [0.3, 0.4) is 0 Å². The fourth-order valence-corrected chi connectivity index (χ4v) is 4.84. The van der Waals surface area contributed by atoms with E-state index in [1.807, 2.05) is 30.9 Å². The van der Waals surface area contributed by atoms with E-state index < -0.39 is 15.9 Å². The zero-order chi connectivity index (χ0) is 18.9. The Morgan fingerprint density at radius 3 is 2.42 bits per heavy atom. The van der Waals surface area contributed by atoms with Gasteiger partial charge in [-0.15, -0.1) is 0 Å². The van der Waals surface area contributed by atoms with E-state index in [0.717, 1.165) is 11.1 Å². The number of anilines is 1. The normalized spacial score (nSPS) is 15.8. The van der Waals surface area contributed by atoms with Gasteiger partial charge in [-0.3, -0.25) is 4.79 Å². The van der Waals surface area contributed by atoms with Crippen molar-refractivity contribution in [2.75, 3.05) is 31.1 Å². The summed E-state index contributed by atoms with van der Waals surface area (Å²) in [4.78, 5) is 18.1. The Bertz CT molecular complexity index is 935. The molecule has 1 amide bonds. The number of hydrogen-bond donors (Lipinski definition) is 1. The van der Waals surface area contributed by atoms with E-state index in [9.17, 15) is 13.2 Å². The molecule has 2 N–H and O–H groups in total. The summed E-state index contributed by atoms with van der Waals surface area (Å²) in [5.41, 5.74) is 7.53. The average Bonchev–Trinajstić information content (AvgIpc) is 2.61. The largest absolute Gasteiger partial charge is 0.365 e. The third kappa shape index (κ3) is 3.42. The Labute approximate surface area is 153 Å². The minimum atomic E-state index is -3.55. The lowest BCUT2D eigenvalue weighted by molar-refractivity contribution is 0.1000. The first kappa shape index (κ1) is 18.3. The topological polar surface area (TPSA) is 96.6 Å². The van der Waals surface area contributed by atoms with Crippen LogP contribution in [0.5, 0.6) is 0 Å². The fourth-order valence-electron chi connectivity index (χ4n) is 3.21. The van der Waals surface area contributed by atoms with Gasteiger partial charge in [0.25, 0.3) is 5.91 Å². The maximum atomic E-state index is 13.0. The monoisotopic (exact) mass is 374 g/mol. The average molecular weight is 374 g/mol. The van der Waals surface area contributed by atoms with Crippen molar-refractivity contribution in [3.05, 3.63) is 53.2 Å². The Morgan fingerprint density at radius 1 is 1.12 bits per heavy atom. The number of aromatic nitrogens is 1. The van der Waals surface area contributed by atoms with E-state index in [4.69, 9.17) is 5.73 Å². The molecule has 0 saturated carbocycles. The second-order valence-corrected chi connectivity index (χ2v) is 8.31. The molecule has 2 heterocycles. The van der Waals surface area contributed by atoms with Crippen molar-refractivity contribution in [2.45, 2.75) is 18.7 Å². The van der Waals surface area contributed by atoms with Crippen molar-refractivity contribution < 1.29 is 13.2 Å². The fraction of sp³-hybridized carbons (Fsp3) is 0.333. The van der Waals surface area contributed by atoms with E-state index >= 15 is 0 Å². The molecule has 0 unspecified atom stereocenters. The van der Waals surface area contributed by atoms with Crippen molar-refractivity contribution in [1.82, 2.24) is 9.29 Å². The Hall–Kier alpha value is -2.45. The second kappa shape index (κ2) is 7.05. The molecule has 1 aromatic heterocycles. The SMILES string of the molecule is Cc1ccc(S(=O)(=O)N2CCN(c3ncccc3C(N)=O)CC2)c(C)c1. The lowest BCUT2D eigenvalue weighted by atomic mass is 10.2. The molecule has 7 nitrogen and oxygen atoms in total. The predicted octanol–water partition coefficient (Wildman–Crippen LogP) is 1.31. The summed E-state index contributed by atoms with van der Waals surface area (Å²) < 4.78 is 27.4. The van der Waals surface area contributed by atoms with Gasteiger partial charge in [-0.1, -0.05) is 17.7 Å². The predicted molar refractivity (Wildman–Crippen MR) is 99.6 cm³/mol. The summed E-state index contributed by atoms with van der Waals surface area (Å²) in [6.45, 7) is 5.28. The van der Waals surface area contributed by atoms with Crippen LogP contribution in [0, 0.1) is 13.8 Å². The minimum absolute atomic E-state index is 0.324. The smallest absolute Gasteiger partial charge is 0.252 e. The van der Waals surface area contributed by atoms with Crippen LogP contribution in [0.15, 0.2) is 41.4 Å². The van der Waals surface area contributed by atoms with Gasteiger partial charge in [0.1, 0.15) is 5.82 Å². The Morgan fingerprint density at radius 2 is 1.81 bits per heavy atom. The van der Waals surface area contributed by atoms with Crippen LogP contribution in [0.2, 0.25) is 0 Å². The van der Waals surface area contributed by atoms with Crippen LogP contribution in [-0.2, 0) is 10.0 Å². The standard InChI is InChI=1S/C18H22N4O3S/c1-13-5-6-16(14(2)12-13)26(24,25)22-10-8-21(9-11-22)18-15(17(19)23)4-3-7-20-18/h3-7,12H,8-11H2,1-2H3,(H2,19,23). The maximum absolute atomic E-state index is 13.0. The van der Waals surface area contributed by atoms with E-state index in [2.05, 4.69) is 4.98 Å². The first-order valence-corrected chi connectivity index (χ1v) is 9.82. The molecule has 2 aromatic rings. The van der Waals surface area contributed by atoms with E-state index in [-0.39, 0.29) is 0 Å². The van der Waals surface area contributed by atoms with Crippen molar-refractivity contribution >= 4 is 21.7 Å². The second-order valence-electron chi connectivity index (χ2n) is 6.40. The first-order chi connectivity index (χ1) is 12.3. The van der Waals surface area contributed by atoms with Crippen LogP contribution in [0.4, 0.5) is 5.82 Å². The molecule has 1 aromatic carbocycles. The molecule has 0 atom stereocenters. The molecule has 0 aliphatic carbocycles. The van der Waals surface area contributed by atoms with E-state index in [0.29, 0.717) is 42.5 Å². The summed E-state index contributed by atoms with van der Waals surface area (Å²) >= 11 is 0. The zero-order valence-corrected chi connectivity index (χ0v) is 15.7. The first-order valence-electron chi connectivity index (χ1n) is 8.38. The van der Waals surface area contributed by atoms with Gasteiger partial charge in [-0.05, 0) is 37.6 Å². The number of aryl methyl sites for hydroxylation is 2. The molecule has 3 rings (SSSR count). The molecule has 1 aliphatic rings. The summed E-state index contributed by atoms with van der Waals surface area (Å²) in [5.74, 6) is -0.0398. The molecular weight excluding hydrogens is 352 g/mol. The number of carbonyl (C=O) groups excluding carboxylic acids is 1. The Kier molecular flexibility index (Phi) is 4.97. The molecule has 26 heavy (non-hydrogen) atoms. The summed E-state index contributed by atoms with van der Waals surface area (Å²) in [6.07, 6.45) is 1.60. The van der Waals surface area contributed by atoms with E-state index in [1.54, 1.807) is 24.4 Å². The lowest BCUT2D eigenvalue weighted by Gasteiger charge is -2.35. The van der Waals surface area contributed by atoms with Crippen molar-refractivity contribution in [3.63, 3.8) is 0 Å². The van der Waals surface area contributed by atoms with Crippen LogP contribution in [0.1, 0.15) is 21.5 Å². The Balaban J connectivity index is 1.79. The van der Waals surface area contributed by atoms with Crippen molar-refractivity contribution in [3.8, 4) is 0 Å². The number of pyridine rings is 1. The van der Waals surface area contributed by atoms with Crippen molar-refractivity contribution in [2.24, 2.45) is 5.73 Å². The number of piperazine rings is 1. The number of amides is 1. The van der Waals surface area contributed by atoms with Gasteiger partial charge in [0.05, 0.1) is 10.5 Å². The van der Waals surface area contributed by atoms with Crippen LogP contribution >= 0.6 is 0 Å². The maximum Gasteiger partial charge on any atom is 0.252 e. The number of nitrogens with two attached hydrogens (primary N) is 1. The molecule has 0 radical (unpaired) electrons. The van der Waals surface area contributed by atoms with Gasteiger partial charge in [-0.25, -0.2) is 13.4 Å². The number of carbonyl (C=O) groups is 1. The molecule has 138 valence electrons. The summed E-state index contributed by atoms with van der Waals surface area (Å²) in [7, 11) is -3.55.